The Hall–Kier alpha value is -2.91. The van der Waals surface area contributed by atoms with Gasteiger partial charge in [0.2, 0.25) is 12.7 Å². The molecule has 0 saturated carbocycles. The number of rotatable bonds is 8. The zero-order chi connectivity index (χ0) is 21.8. The zero-order valence-corrected chi connectivity index (χ0v) is 18.6. The number of ether oxygens (including phenoxy) is 3. The molecule has 0 spiro atoms. The van der Waals surface area contributed by atoms with Crippen LogP contribution >= 0.6 is 23.4 Å². The van der Waals surface area contributed by atoms with E-state index in [1.165, 1.54) is 11.8 Å². The first-order valence-corrected chi connectivity index (χ1v) is 10.8. The van der Waals surface area contributed by atoms with Crippen LogP contribution in [0.3, 0.4) is 0 Å². The summed E-state index contributed by atoms with van der Waals surface area (Å²) < 4.78 is 18.2. The summed E-state index contributed by atoms with van der Waals surface area (Å²) in [6.45, 7) is 2.72. The SMILES string of the molecule is C[C@@H](Sc1nnc(COc2ccc(Cl)cc2)n1C)C(=O)NCc1ccc2c(c1)OCO2. The maximum atomic E-state index is 12.5. The molecule has 0 bridgehead atoms. The summed E-state index contributed by atoms with van der Waals surface area (Å²) in [6.07, 6.45) is 0. The maximum Gasteiger partial charge on any atom is 0.233 e. The third kappa shape index (κ3) is 5.23. The van der Waals surface area contributed by atoms with E-state index in [4.69, 9.17) is 25.8 Å². The van der Waals surface area contributed by atoms with Crippen LogP contribution in [0.15, 0.2) is 47.6 Å². The van der Waals surface area contributed by atoms with Crippen LogP contribution in [0.1, 0.15) is 18.3 Å². The van der Waals surface area contributed by atoms with Gasteiger partial charge < -0.3 is 24.1 Å². The standard InChI is InChI=1S/C21H21ClN4O4S/c1-13(20(27)23-10-14-3-8-17-18(9-14)30-12-29-17)31-21-25-24-19(26(21)2)11-28-16-6-4-15(22)5-7-16/h3-9,13H,10-12H2,1-2H3,(H,23,27)/t13-/m1/s1. The molecule has 31 heavy (non-hydrogen) atoms. The van der Waals surface area contributed by atoms with E-state index >= 15 is 0 Å². The van der Waals surface area contributed by atoms with Gasteiger partial charge in [-0.25, -0.2) is 0 Å². The number of carbonyl (C=O) groups excluding carboxylic acids is 1. The summed E-state index contributed by atoms with van der Waals surface area (Å²) in [7, 11) is 1.85. The molecule has 1 aromatic heterocycles. The second-order valence-corrected chi connectivity index (χ2v) is 8.61. The third-order valence-corrected chi connectivity index (χ3v) is 6.05. The number of halogens is 1. The molecule has 1 atom stereocenters. The molecule has 0 fully saturated rings. The van der Waals surface area contributed by atoms with Crippen LogP contribution < -0.4 is 19.5 Å². The van der Waals surface area contributed by atoms with E-state index in [2.05, 4.69) is 15.5 Å². The van der Waals surface area contributed by atoms with Gasteiger partial charge in [-0.2, -0.15) is 0 Å². The van der Waals surface area contributed by atoms with Crippen molar-refractivity contribution >= 4 is 29.3 Å². The van der Waals surface area contributed by atoms with Crippen molar-refractivity contribution in [2.24, 2.45) is 7.05 Å². The number of carbonyl (C=O) groups is 1. The molecule has 0 unspecified atom stereocenters. The van der Waals surface area contributed by atoms with Gasteiger partial charge in [-0.1, -0.05) is 29.4 Å². The monoisotopic (exact) mass is 460 g/mol. The minimum absolute atomic E-state index is 0.0929. The minimum atomic E-state index is -0.345. The average molecular weight is 461 g/mol. The Kier molecular flexibility index (Phi) is 6.53. The van der Waals surface area contributed by atoms with Crippen LogP contribution in [0.25, 0.3) is 0 Å². The molecule has 1 amide bonds. The number of amides is 1. The van der Waals surface area contributed by atoms with Crippen molar-refractivity contribution < 1.29 is 19.0 Å². The Morgan fingerprint density at radius 1 is 1.23 bits per heavy atom. The van der Waals surface area contributed by atoms with Crippen molar-refractivity contribution in [1.29, 1.82) is 0 Å². The number of benzene rings is 2. The lowest BCUT2D eigenvalue weighted by Gasteiger charge is -2.12. The van der Waals surface area contributed by atoms with Crippen LogP contribution in [-0.4, -0.2) is 32.7 Å². The highest BCUT2D eigenvalue weighted by atomic mass is 35.5. The molecule has 2 aromatic carbocycles. The van der Waals surface area contributed by atoms with Crippen LogP contribution in [0.4, 0.5) is 0 Å². The molecule has 8 nitrogen and oxygen atoms in total. The Morgan fingerprint density at radius 3 is 2.81 bits per heavy atom. The summed E-state index contributed by atoms with van der Waals surface area (Å²) in [5.41, 5.74) is 0.940. The van der Waals surface area contributed by atoms with Crippen molar-refractivity contribution in [3.8, 4) is 17.2 Å². The maximum absolute atomic E-state index is 12.5. The molecule has 162 valence electrons. The average Bonchev–Trinajstić information content (AvgIpc) is 3.38. The predicted molar refractivity (Wildman–Crippen MR) is 117 cm³/mol. The number of thioether (sulfide) groups is 1. The zero-order valence-electron chi connectivity index (χ0n) is 17.0. The van der Waals surface area contributed by atoms with E-state index < -0.39 is 0 Å². The number of fused-ring (bicyclic) bond motifs is 1. The second-order valence-electron chi connectivity index (χ2n) is 6.87. The Labute approximate surface area is 188 Å². The molecule has 2 heterocycles. The van der Waals surface area contributed by atoms with Gasteiger partial charge in [0.05, 0.1) is 5.25 Å². The first kappa shape index (κ1) is 21.3. The Balaban J connectivity index is 1.29. The Bertz CT molecular complexity index is 1070. The molecule has 4 rings (SSSR count). The molecule has 3 aromatic rings. The fourth-order valence-corrected chi connectivity index (χ4v) is 3.83. The van der Waals surface area contributed by atoms with Gasteiger partial charge in [-0.3, -0.25) is 4.79 Å². The van der Waals surface area contributed by atoms with E-state index in [0.717, 1.165) is 11.3 Å². The smallest absolute Gasteiger partial charge is 0.233 e. The van der Waals surface area contributed by atoms with Gasteiger partial charge in [-0.15, -0.1) is 10.2 Å². The number of hydrogen-bond acceptors (Lipinski definition) is 7. The highest BCUT2D eigenvalue weighted by molar-refractivity contribution is 8.00. The molecule has 0 radical (unpaired) electrons. The molecule has 1 N–H and O–H groups in total. The largest absolute Gasteiger partial charge is 0.486 e. The lowest BCUT2D eigenvalue weighted by atomic mass is 10.2. The van der Waals surface area contributed by atoms with E-state index in [1.54, 1.807) is 24.3 Å². The van der Waals surface area contributed by atoms with Crippen molar-refractivity contribution in [3.05, 3.63) is 58.9 Å². The lowest BCUT2D eigenvalue weighted by Crippen LogP contribution is -2.30. The summed E-state index contributed by atoms with van der Waals surface area (Å²) in [4.78, 5) is 12.5. The molecular weight excluding hydrogens is 440 g/mol. The molecule has 0 aliphatic carbocycles. The summed E-state index contributed by atoms with van der Waals surface area (Å²) in [5.74, 6) is 2.67. The topological polar surface area (TPSA) is 87.5 Å². The van der Waals surface area contributed by atoms with Crippen LogP contribution in [0.5, 0.6) is 17.2 Å². The van der Waals surface area contributed by atoms with Gasteiger partial charge in [0, 0.05) is 18.6 Å². The van der Waals surface area contributed by atoms with Gasteiger partial charge in [0.25, 0.3) is 0 Å². The van der Waals surface area contributed by atoms with E-state index in [9.17, 15) is 4.79 Å². The van der Waals surface area contributed by atoms with E-state index in [1.807, 2.05) is 36.7 Å². The summed E-state index contributed by atoms with van der Waals surface area (Å²) >= 11 is 7.22. The predicted octanol–water partition coefficient (Wildman–Crippen LogP) is 3.57. The fourth-order valence-electron chi connectivity index (χ4n) is 2.85. The molecule has 10 heteroatoms. The molecule has 1 aliphatic rings. The van der Waals surface area contributed by atoms with Gasteiger partial charge in [0.15, 0.2) is 22.5 Å². The number of hydrogen-bond donors (Lipinski definition) is 1. The number of aromatic nitrogens is 3. The summed E-state index contributed by atoms with van der Waals surface area (Å²) in [5, 5.41) is 12.2. The first-order valence-electron chi connectivity index (χ1n) is 9.59. The second kappa shape index (κ2) is 9.49. The highest BCUT2D eigenvalue weighted by Crippen LogP contribution is 2.32. The fraction of sp³-hybridized carbons (Fsp3) is 0.286. The molecular formula is C21H21ClN4O4S. The van der Waals surface area contributed by atoms with Gasteiger partial charge in [0.1, 0.15) is 12.4 Å². The van der Waals surface area contributed by atoms with Crippen LogP contribution in [-0.2, 0) is 25.0 Å². The molecule has 1 aliphatic heterocycles. The van der Waals surface area contributed by atoms with Crippen LogP contribution in [0, 0.1) is 0 Å². The van der Waals surface area contributed by atoms with Gasteiger partial charge in [-0.05, 0) is 48.9 Å². The van der Waals surface area contributed by atoms with Crippen molar-refractivity contribution in [1.82, 2.24) is 20.1 Å². The number of nitrogens with zero attached hydrogens (tertiary/aromatic N) is 3. The van der Waals surface area contributed by atoms with Crippen molar-refractivity contribution in [2.45, 2.75) is 30.5 Å². The third-order valence-electron chi connectivity index (χ3n) is 4.66. The van der Waals surface area contributed by atoms with Gasteiger partial charge >= 0.3 is 0 Å². The summed E-state index contributed by atoms with van der Waals surface area (Å²) in [6, 6.07) is 12.7. The highest BCUT2D eigenvalue weighted by Gasteiger charge is 2.19. The van der Waals surface area contributed by atoms with E-state index in [0.29, 0.717) is 34.0 Å². The van der Waals surface area contributed by atoms with E-state index in [-0.39, 0.29) is 24.6 Å². The number of nitrogens with one attached hydrogen (secondary N) is 1. The quantitative estimate of drug-likeness (QED) is 0.514. The Morgan fingerprint density at radius 2 is 2.00 bits per heavy atom. The first-order chi connectivity index (χ1) is 15.0. The minimum Gasteiger partial charge on any atom is -0.486 e. The van der Waals surface area contributed by atoms with Crippen molar-refractivity contribution in [3.63, 3.8) is 0 Å². The lowest BCUT2D eigenvalue weighted by molar-refractivity contribution is -0.120. The van der Waals surface area contributed by atoms with Crippen molar-refractivity contribution in [2.75, 3.05) is 6.79 Å². The normalized spacial score (nSPS) is 13.1. The molecule has 0 saturated heterocycles. The van der Waals surface area contributed by atoms with Crippen LogP contribution in [0.2, 0.25) is 5.02 Å².